The van der Waals surface area contributed by atoms with Gasteiger partial charge in [-0.25, -0.2) is 0 Å². The number of ether oxygens (including phenoxy) is 1. The van der Waals surface area contributed by atoms with Gasteiger partial charge in [-0.1, -0.05) is 13.3 Å². The minimum absolute atomic E-state index is 0.129. The van der Waals surface area contributed by atoms with Crippen molar-refractivity contribution in [1.82, 2.24) is 0 Å². The van der Waals surface area contributed by atoms with Crippen LogP contribution >= 0.6 is 11.3 Å². The van der Waals surface area contributed by atoms with Crippen molar-refractivity contribution in [2.75, 3.05) is 0 Å². The van der Waals surface area contributed by atoms with E-state index in [9.17, 15) is 4.79 Å². The van der Waals surface area contributed by atoms with Crippen LogP contribution in [0.25, 0.3) is 0 Å². The smallest absolute Gasteiger partial charge is 0.311 e. The third-order valence-electron chi connectivity index (χ3n) is 1.46. The van der Waals surface area contributed by atoms with Crippen molar-refractivity contribution in [2.24, 2.45) is 0 Å². The predicted octanol–water partition coefficient (Wildman–Crippen LogP) is 2.84. The van der Waals surface area contributed by atoms with Gasteiger partial charge in [0.15, 0.2) is 0 Å². The van der Waals surface area contributed by atoms with E-state index >= 15 is 0 Å². The molecule has 1 heterocycles. The van der Waals surface area contributed by atoms with Crippen LogP contribution in [-0.2, 0) is 4.79 Å². The molecule has 0 atom stereocenters. The molecule has 0 amide bonds. The zero-order valence-electron chi connectivity index (χ0n) is 7.08. The Morgan fingerprint density at radius 1 is 1.67 bits per heavy atom. The van der Waals surface area contributed by atoms with Crippen molar-refractivity contribution in [3.8, 4) is 5.75 Å². The molecule has 66 valence electrons. The number of hydrogen-bond acceptors (Lipinski definition) is 3. The second kappa shape index (κ2) is 4.93. The van der Waals surface area contributed by atoms with Gasteiger partial charge in [0.2, 0.25) is 0 Å². The molecule has 0 bridgehead atoms. The van der Waals surface area contributed by atoms with Crippen molar-refractivity contribution < 1.29 is 9.53 Å². The third-order valence-corrected chi connectivity index (χ3v) is 2.12. The largest absolute Gasteiger partial charge is 0.426 e. The van der Waals surface area contributed by atoms with Gasteiger partial charge in [-0.2, -0.15) is 0 Å². The molecule has 1 aromatic heterocycles. The molecule has 1 aromatic rings. The molecule has 0 aromatic carbocycles. The van der Waals surface area contributed by atoms with Crippen molar-refractivity contribution >= 4 is 17.3 Å². The first-order valence-electron chi connectivity index (χ1n) is 4.06. The summed E-state index contributed by atoms with van der Waals surface area (Å²) in [7, 11) is 0. The SMILES string of the molecule is CCCCC(=O)Oc1ccsc1. The molecule has 3 heteroatoms. The van der Waals surface area contributed by atoms with Gasteiger partial charge in [0, 0.05) is 11.8 Å². The van der Waals surface area contributed by atoms with Crippen molar-refractivity contribution in [3.63, 3.8) is 0 Å². The van der Waals surface area contributed by atoms with E-state index in [0.717, 1.165) is 12.8 Å². The van der Waals surface area contributed by atoms with Crippen molar-refractivity contribution in [3.05, 3.63) is 16.8 Å². The first kappa shape index (κ1) is 9.26. The molecule has 0 aliphatic carbocycles. The average Bonchev–Trinajstić information content (AvgIpc) is 2.53. The van der Waals surface area contributed by atoms with Crippen LogP contribution in [0.15, 0.2) is 16.8 Å². The van der Waals surface area contributed by atoms with Crippen LogP contribution in [0.5, 0.6) is 5.75 Å². The monoisotopic (exact) mass is 184 g/mol. The Morgan fingerprint density at radius 3 is 3.08 bits per heavy atom. The molecule has 0 fully saturated rings. The molecule has 2 nitrogen and oxygen atoms in total. The summed E-state index contributed by atoms with van der Waals surface area (Å²) in [4.78, 5) is 11.1. The highest BCUT2D eigenvalue weighted by molar-refractivity contribution is 7.08. The standard InChI is InChI=1S/C9H12O2S/c1-2-3-4-9(10)11-8-5-6-12-7-8/h5-7H,2-4H2,1H3. The van der Waals surface area contributed by atoms with Gasteiger partial charge in [0.05, 0.1) is 0 Å². The lowest BCUT2D eigenvalue weighted by molar-refractivity contribution is -0.134. The van der Waals surface area contributed by atoms with Crippen LogP contribution in [0.2, 0.25) is 0 Å². The zero-order chi connectivity index (χ0) is 8.81. The van der Waals surface area contributed by atoms with Crippen molar-refractivity contribution in [2.45, 2.75) is 26.2 Å². The van der Waals surface area contributed by atoms with Gasteiger partial charge in [-0.3, -0.25) is 4.79 Å². The summed E-state index contributed by atoms with van der Waals surface area (Å²) in [5.74, 6) is 0.538. The first-order valence-corrected chi connectivity index (χ1v) is 5.00. The zero-order valence-corrected chi connectivity index (χ0v) is 7.89. The molecule has 1 rings (SSSR count). The van der Waals surface area contributed by atoms with Gasteiger partial charge in [0.1, 0.15) is 5.75 Å². The number of hydrogen-bond donors (Lipinski definition) is 0. The van der Waals surface area contributed by atoms with E-state index < -0.39 is 0 Å². The number of thiophene rings is 1. The Hall–Kier alpha value is -0.830. The highest BCUT2D eigenvalue weighted by Crippen LogP contribution is 2.15. The lowest BCUT2D eigenvalue weighted by Gasteiger charge is -1.99. The molecule has 0 unspecified atom stereocenters. The highest BCUT2D eigenvalue weighted by Gasteiger charge is 2.02. The normalized spacial score (nSPS) is 9.75. The van der Waals surface area contributed by atoms with E-state index in [4.69, 9.17) is 4.74 Å². The number of carbonyl (C=O) groups is 1. The fourth-order valence-corrected chi connectivity index (χ4v) is 1.37. The maximum atomic E-state index is 11.1. The van der Waals surface area contributed by atoms with Gasteiger partial charge in [-0.15, -0.1) is 11.3 Å². The average molecular weight is 184 g/mol. The Morgan fingerprint density at radius 2 is 2.50 bits per heavy atom. The van der Waals surface area contributed by atoms with Gasteiger partial charge < -0.3 is 4.74 Å². The lowest BCUT2D eigenvalue weighted by Crippen LogP contribution is -2.06. The maximum absolute atomic E-state index is 11.1. The molecule has 0 aliphatic heterocycles. The minimum Gasteiger partial charge on any atom is -0.426 e. The Kier molecular flexibility index (Phi) is 3.80. The Bertz CT molecular complexity index is 229. The van der Waals surface area contributed by atoms with Crippen LogP contribution in [-0.4, -0.2) is 5.97 Å². The van der Waals surface area contributed by atoms with Gasteiger partial charge in [-0.05, 0) is 17.9 Å². The number of rotatable bonds is 4. The minimum atomic E-state index is -0.129. The molecular weight excluding hydrogens is 172 g/mol. The van der Waals surface area contributed by atoms with Crippen LogP contribution in [0.4, 0.5) is 0 Å². The summed E-state index contributed by atoms with van der Waals surface area (Å²) < 4.78 is 5.03. The van der Waals surface area contributed by atoms with Crippen LogP contribution in [0, 0.1) is 0 Å². The van der Waals surface area contributed by atoms with Gasteiger partial charge in [0.25, 0.3) is 0 Å². The summed E-state index contributed by atoms with van der Waals surface area (Å²) in [6, 6.07) is 1.80. The molecule has 0 saturated heterocycles. The van der Waals surface area contributed by atoms with E-state index in [1.54, 1.807) is 6.07 Å². The summed E-state index contributed by atoms with van der Waals surface area (Å²) in [6.45, 7) is 2.05. The predicted molar refractivity (Wildman–Crippen MR) is 49.5 cm³/mol. The molecule has 0 spiro atoms. The van der Waals surface area contributed by atoms with E-state index in [2.05, 4.69) is 6.92 Å². The second-order valence-electron chi connectivity index (χ2n) is 2.54. The summed E-state index contributed by atoms with van der Waals surface area (Å²) in [5, 5.41) is 3.71. The lowest BCUT2D eigenvalue weighted by atomic mass is 10.2. The fraction of sp³-hybridized carbons (Fsp3) is 0.444. The molecule has 0 N–H and O–H groups in total. The van der Waals surface area contributed by atoms with Gasteiger partial charge >= 0.3 is 5.97 Å². The van der Waals surface area contributed by atoms with Crippen LogP contribution in [0.3, 0.4) is 0 Å². The van der Waals surface area contributed by atoms with E-state index in [0.29, 0.717) is 12.2 Å². The first-order chi connectivity index (χ1) is 5.83. The van der Waals surface area contributed by atoms with Crippen molar-refractivity contribution in [1.29, 1.82) is 0 Å². The topological polar surface area (TPSA) is 26.3 Å². The fourth-order valence-electron chi connectivity index (χ4n) is 0.814. The van der Waals surface area contributed by atoms with Crippen LogP contribution in [0.1, 0.15) is 26.2 Å². The maximum Gasteiger partial charge on any atom is 0.311 e. The molecule has 0 radical (unpaired) electrons. The Labute approximate surface area is 76.2 Å². The van der Waals surface area contributed by atoms with E-state index in [1.165, 1.54) is 11.3 Å². The second-order valence-corrected chi connectivity index (χ2v) is 3.32. The summed E-state index contributed by atoms with van der Waals surface area (Å²) in [5.41, 5.74) is 0. The number of esters is 1. The Balaban J connectivity index is 2.27. The van der Waals surface area contributed by atoms with Crippen LogP contribution < -0.4 is 4.74 Å². The van der Waals surface area contributed by atoms with E-state index in [-0.39, 0.29) is 5.97 Å². The summed E-state index contributed by atoms with van der Waals surface area (Å²) >= 11 is 1.53. The number of unbranched alkanes of at least 4 members (excludes halogenated alkanes) is 1. The molecule has 12 heavy (non-hydrogen) atoms. The quantitative estimate of drug-likeness (QED) is 0.672. The molecule has 0 saturated carbocycles. The third kappa shape index (κ3) is 3.05. The molecular formula is C9H12O2S. The summed E-state index contributed by atoms with van der Waals surface area (Å²) in [6.07, 6.45) is 2.45. The molecule has 0 aliphatic rings. The number of carbonyl (C=O) groups excluding carboxylic acids is 1. The highest BCUT2D eigenvalue weighted by atomic mass is 32.1. The van der Waals surface area contributed by atoms with E-state index in [1.807, 2.05) is 10.8 Å².